The Morgan fingerprint density at radius 2 is 1.70 bits per heavy atom. The van der Waals surface area contributed by atoms with Crippen LogP contribution in [0, 0.1) is 0 Å². The molecule has 1 aliphatic rings. The van der Waals surface area contributed by atoms with Crippen molar-refractivity contribution in [1.29, 1.82) is 0 Å². The van der Waals surface area contributed by atoms with Crippen molar-refractivity contribution in [3.8, 4) is 0 Å². The molecule has 0 aliphatic carbocycles. The highest BCUT2D eigenvalue weighted by atomic mass is 32.2. The molecule has 0 atom stereocenters. The molecule has 20 heavy (non-hydrogen) atoms. The lowest BCUT2D eigenvalue weighted by Crippen LogP contribution is -2.28. The molecule has 3 nitrogen and oxygen atoms in total. The number of hydrogen-bond acceptors (Lipinski definition) is 3. The number of nitrogens with one attached hydrogen (secondary N) is 1. The third-order valence-corrected chi connectivity index (χ3v) is 5.37. The molecular weight excluding hydrogens is 270 g/mol. The second-order valence-electron chi connectivity index (χ2n) is 6.60. The van der Waals surface area contributed by atoms with Crippen molar-refractivity contribution in [1.82, 2.24) is 5.32 Å². The normalized spacial score (nSPS) is 18.1. The summed E-state index contributed by atoms with van der Waals surface area (Å²) in [7, 11) is -2.97. The van der Waals surface area contributed by atoms with Crippen LogP contribution in [0.15, 0.2) is 24.3 Å². The van der Waals surface area contributed by atoms with Gasteiger partial charge in [0.1, 0.15) is 9.84 Å². The van der Waals surface area contributed by atoms with E-state index in [2.05, 4.69) is 29.6 Å². The predicted octanol–water partition coefficient (Wildman–Crippen LogP) is 2.48. The minimum atomic E-state index is -2.97. The molecule has 4 heteroatoms. The van der Waals surface area contributed by atoms with Crippen LogP contribution in [-0.4, -0.2) is 33.5 Å². The van der Waals surface area contributed by atoms with Crippen molar-refractivity contribution < 1.29 is 8.42 Å². The van der Waals surface area contributed by atoms with Gasteiger partial charge in [0.05, 0.1) is 5.75 Å². The van der Waals surface area contributed by atoms with Crippen molar-refractivity contribution in [3.63, 3.8) is 0 Å². The Morgan fingerprint density at radius 1 is 1.15 bits per heavy atom. The fourth-order valence-corrected chi connectivity index (χ4v) is 4.58. The maximum atomic E-state index is 11.5. The maximum Gasteiger partial charge on any atom is 0.148 e. The summed E-state index contributed by atoms with van der Waals surface area (Å²) in [5.41, 5.74) is 2.14. The highest BCUT2D eigenvalue weighted by Gasteiger charge is 2.26. The van der Waals surface area contributed by atoms with Crippen molar-refractivity contribution in [2.75, 3.05) is 25.1 Å². The Labute approximate surface area is 122 Å². The van der Waals surface area contributed by atoms with Gasteiger partial charge in [-0.2, -0.15) is 0 Å². The standard InChI is InChI=1S/C16H25NO2S/c1-16(2,12-20(3,18)19)15-6-4-13(5-7-15)14-8-10-17-11-9-14/h4-7,14,17H,8-12H2,1-3H3. The van der Waals surface area contributed by atoms with Crippen LogP contribution in [0.3, 0.4) is 0 Å². The van der Waals surface area contributed by atoms with Gasteiger partial charge in [0, 0.05) is 11.7 Å². The quantitative estimate of drug-likeness (QED) is 0.928. The maximum absolute atomic E-state index is 11.5. The molecule has 1 saturated heterocycles. The lowest BCUT2D eigenvalue weighted by Gasteiger charge is -2.26. The molecule has 0 spiro atoms. The van der Waals surface area contributed by atoms with Gasteiger partial charge in [-0.1, -0.05) is 38.1 Å². The Balaban J connectivity index is 2.14. The number of benzene rings is 1. The highest BCUT2D eigenvalue weighted by molar-refractivity contribution is 7.90. The first-order valence-corrected chi connectivity index (χ1v) is 9.33. The Morgan fingerprint density at radius 3 is 2.20 bits per heavy atom. The molecule has 0 aromatic heterocycles. The molecule has 1 aromatic carbocycles. The van der Waals surface area contributed by atoms with E-state index in [1.54, 1.807) is 0 Å². The zero-order valence-corrected chi connectivity index (χ0v) is 13.5. The minimum Gasteiger partial charge on any atom is -0.317 e. The van der Waals surface area contributed by atoms with Gasteiger partial charge in [0.15, 0.2) is 0 Å². The third-order valence-electron chi connectivity index (χ3n) is 4.13. The van der Waals surface area contributed by atoms with Crippen molar-refractivity contribution in [2.24, 2.45) is 0 Å². The van der Waals surface area contributed by atoms with E-state index in [1.807, 2.05) is 13.8 Å². The fourth-order valence-electron chi connectivity index (χ4n) is 3.10. The monoisotopic (exact) mass is 295 g/mol. The van der Waals surface area contributed by atoms with Gasteiger partial charge < -0.3 is 5.32 Å². The highest BCUT2D eigenvalue weighted by Crippen LogP contribution is 2.29. The lowest BCUT2D eigenvalue weighted by atomic mass is 9.84. The molecule has 1 aliphatic heterocycles. The lowest BCUT2D eigenvalue weighted by molar-refractivity contribution is 0.460. The molecule has 1 N–H and O–H groups in total. The molecule has 0 amide bonds. The first-order valence-electron chi connectivity index (χ1n) is 7.27. The number of sulfone groups is 1. The van der Waals surface area contributed by atoms with Crippen LogP contribution in [0.5, 0.6) is 0 Å². The summed E-state index contributed by atoms with van der Waals surface area (Å²) in [6, 6.07) is 8.55. The summed E-state index contributed by atoms with van der Waals surface area (Å²) >= 11 is 0. The zero-order valence-electron chi connectivity index (χ0n) is 12.6. The van der Waals surface area contributed by atoms with E-state index in [1.165, 1.54) is 24.7 Å². The van der Waals surface area contributed by atoms with Crippen LogP contribution >= 0.6 is 0 Å². The summed E-state index contributed by atoms with van der Waals surface area (Å²) in [5, 5.41) is 3.38. The van der Waals surface area contributed by atoms with Gasteiger partial charge in [0.2, 0.25) is 0 Å². The van der Waals surface area contributed by atoms with Gasteiger partial charge >= 0.3 is 0 Å². The van der Waals surface area contributed by atoms with Gasteiger partial charge in [-0.05, 0) is 43.0 Å². The molecule has 112 valence electrons. The topological polar surface area (TPSA) is 46.2 Å². The third kappa shape index (κ3) is 4.06. The molecule has 0 saturated carbocycles. The Hall–Kier alpha value is -0.870. The van der Waals surface area contributed by atoms with E-state index in [0.29, 0.717) is 5.92 Å². The summed E-state index contributed by atoms with van der Waals surface area (Å²) in [6.07, 6.45) is 3.68. The Kier molecular flexibility index (Phi) is 4.55. The van der Waals surface area contributed by atoms with Crippen molar-refractivity contribution in [2.45, 2.75) is 38.0 Å². The number of hydrogen-bond donors (Lipinski definition) is 1. The average Bonchev–Trinajstić information content (AvgIpc) is 2.37. The minimum absolute atomic E-state index is 0.187. The summed E-state index contributed by atoms with van der Waals surface area (Å²) in [5.74, 6) is 0.829. The first kappa shape index (κ1) is 15.5. The second-order valence-corrected chi connectivity index (χ2v) is 8.74. The van der Waals surface area contributed by atoms with E-state index < -0.39 is 9.84 Å². The van der Waals surface area contributed by atoms with E-state index in [0.717, 1.165) is 18.7 Å². The molecule has 0 radical (unpaired) electrons. The van der Waals surface area contributed by atoms with E-state index >= 15 is 0 Å². The van der Waals surface area contributed by atoms with Gasteiger partial charge in [-0.15, -0.1) is 0 Å². The van der Waals surface area contributed by atoms with Crippen molar-refractivity contribution in [3.05, 3.63) is 35.4 Å². The van der Waals surface area contributed by atoms with Crippen LogP contribution in [0.25, 0.3) is 0 Å². The van der Waals surface area contributed by atoms with Gasteiger partial charge in [0.25, 0.3) is 0 Å². The molecular formula is C16H25NO2S. The van der Waals surface area contributed by atoms with E-state index in [4.69, 9.17) is 0 Å². The van der Waals surface area contributed by atoms with Crippen LogP contribution in [0.4, 0.5) is 0 Å². The van der Waals surface area contributed by atoms with Crippen molar-refractivity contribution >= 4 is 9.84 Å². The Bertz CT molecular complexity index is 540. The zero-order chi connectivity index (χ0) is 14.8. The van der Waals surface area contributed by atoms with Crippen LogP contribution in [0.2, 0.25) is 0 Å². The molecule has 2 rings (SSSR count). The van der Waals surface area contributed by atoms with Crippen LogP contribution in [-0.2, 0) is 15.3 Å². The smallest absolute Gasteiger partial charge is 0.148 e. The predicted molar refractivity (Wildman–Crippen MR) is 84.0 cm³/mol. The van der Waals surface area contributed by atoms with E-state index in [9.17, 15) is 8.42 Å². The summed E-state index contributed by atoms with van der Waals surface area (Å²) in [6.45, 7) is 6.17. The molecule has 0 bridgehead atoms. The largest absolute Gasteiger partial charge is 0.317 e. The summed E-state index contributed by atoms with van der Waals surface area (Å²) in [4.78, 5) is 0. The molecule has 1 heterocycles. The molecule has 0 unspecified atom stereocenters. The van der Waals surface area contributed by atoms with Crippen LogP contribution < -0.4 is 5.32 Å². The number of piperidine rings is 1. The van der Waals surface area contributed by atoms with Gasteiger partial charge in [-0.25, -0.2) is 8.42 Å². The average molecular weight is 295 g/mol. The van der Waals surface area contributed by atoms with Crippen LogP contribution in [0.1, 0.15) is 43.7 Å². The van der Waals surface area contributed by atoms with E-state index in [-0.39, 0.29) is 11.2 Å². The molecule has 1 aromatic rings. The SMILES string of the molecule is CC(C)(CS(C)(=O)=O)c1ccc(C2CCNCC2)cc1. The fraction of sp³-hybridized carbons (Fsp3) is 0.625. The summed E-state index contributed by atoms with van der Waals surface area (Å²) < 4.78 is 23.1. The molecule has 1 fully saturated rings. The van der Waals surface area contributed by atoms with Gasteiger partial charge in [-0.3, -0.25) is 0 Å². The first-order chi connectivity index (χ1) is 9.28. The number of rotatable bonds is 4. The second kappa shape index (κ2) is 5.86.